The van der Waals surface area contributed by atoms with Crippen molar-refractivity contribution in [2.45, 2.75) is 27.2 Å². The number of nitrogens with two attached hydrogens (primary N) is 1. The Kier molecular flexibility index (Phi) is 4.03. The van der Waals surface area contributed by atoms with Gasteiger partial charge in [0.05, 0.1) is 16.6 Å². The zero-order chi connectivity index (χ0) is 20.1. The molecule has 0 aliphatic rings. The zero-order valence-electron chi connectivity index (χ0n) is 15.6. The van der Waals surface area contributed by atoms with Gasteiger partial charge in [0.2, 0.25) is 0 Å². The van der Waals surface area contributed by atoms with Crippen molar-refractivity contribution in [3.05, 3.63) is 35.8 Å². The van der Waals surface area contributed by atoms with Gasteiger partial charge in [0.25, 0.3) is 6.43 Å². The van der Waals surface area contributed by atoms with Crippen molar-refractivity contribution in [1.82, 2.24) is 25.1 Å². The largest absolute Gasteiger partial charge is 0.382 e. The van der Waals surface area contributed by atoms with Gasteiger partial charge in [-0.1, -0.05) is 11.8 Å². The van der Waals surface area contributed by atoms with E-state index in [0.29, 0.717) is 22.3 Å². The minimum atomic E-state index is -2.71. The molecule has 0 saturated heterocycles. The summed E-state index contributed by atoms with van der Waals surface area (Å²) in [6.45, 7) is 6.06. The second-order valence-electron chi connectivity index (χ2n) is 7.54. The fourth-order valence-corrected chi connectivity index (χ4v) is 2.92. The number of hydrogen-bond donors (Lipinski definition) is 3. The highest BCUT2D eigenvalue weighted by Crippen LogP contribution is 2.33. The topological polar surface area (TPSA) is 96.3 Å². The molecule has 0 aliphatic heterocycles. The molecule has 0 spiro atoms. The van der Waals surface area contributed by atoms with Gasteiger partial charge in [-0.25, -0.2) is 18.7 Å². The van der Waals surface area contributed by atoms with E-state index in [1.165, 1.54) is 6.20 Å². The highest BCUT2D eigenvalue weighted by Gasteiger charge is 2.17. The fourth-order valence-electron chi connectivity index (χ4n) is 2.92. The van der Waals surface area contributed by atoms with E-state index in [-0.39, 0.29) is 11.1 Å². The number of nitrogens with one attached hydrogen (secondary N) is 2. The van der Waals surface area contributed by atoms with Gasteiger partial charge in [-0.05, 0) is 44.5 Å². The number of nitrogens with zero attached hydrogens (tertiary/aromatic N) is 3. The summed E-state index contributed by atoms with van der Waals surface area (Å²) in [5.41, 5.74) is 9.40. The molecule has 4 aromatic rings. The predicted molar refractivity (Wildman–Crippen MR) is 105 cm³/mol. The number of imidazole rings is 1. The smallest absolute Gasteiger partial charge is 0.295 e. The van der Waals surface area contributed by atoms with Crippen LogP contribution in [0.25, 0.3) is 33.2 Å². The van der Waals surface area contributed by atoms with E-state index < -0.39 is 12.2 Å². The maximum atomic E-state index is 13.1. The van der Waals surface area contributed by atoms with Gasteiger partial charge in [-0.2, -0.15) is 5.10 Å². The van der Waals surface area contributed by atoms with Crippen LogP contribution in [-0.2, 0) is 0 Å². The third-order valence-electron chi connectivity index (χ3n) is 4.20. The van der Waals surface area contributed by atoms with Crippen LogP contribution in [0.15, 0.2) is 24.4 Å². The molecule has 0 bridgehead atoms. The predicted octanol–water partition coefficient (Wildman–Crippen LogP) is 4.42. The number of rotatable bonds is 2. The Morgan fingerprint density at radius 3 is 2.68 bits per heavy atom. The first kappa shape index (κ1) is 17.9. The van der Waals surface area contributed by atoms with Gasteiger partial charge in [-0.15, -0.1) is 0 Å². The summed E-state index contributed by atoms with van der Waals surface area (Å²) < 4.78 is 26.1. The van der Waals surface area contributed by atoms with Crippen molar-refractivity contribution in [2.75, 3.05) is 5.73 Å². The molecule has 1 aromatic carbocycles. The minimum Gasteiger partial charge on any atom is -0.382 e. The maximum Gasteiger partial charge on any atom is 0.295 e. The van der Waals surface area contributed by atoms with Gasteiger partial charge in [0.1, 0.15) is 0 Å². The number of aromatic nitrogens is 5. The first-order valence-electron chi connectivity index (χ1n) is 8.67. The van der Waals surface area contributed by atoms with Gasteiger partial charge in [0.15, 0.2) is 17.3 Å². The minimum absolute atomic E-state index is 0.187. The van der Waals surface area contributed by atoms with Crippen LogP contribution in [0.5, 0.6) is 0 Å². The van der Waals surface area contributed by atoms with Gasteiger partial charge in [0, 0.05) is 22.6 Å². The Morgan fingerprint density at radius 2 is 1.96 bits per heavy atom. The average Bonchev–Trinajstić information content (AvgIpc) is 3.23. The molecule has 0 unspecified atom stereocenters. The van der Waals surface area contributed by atoms with E-state index in [1.54, 1.807) is 6.07 Å². The SMILES string of the molecule is CC(C)(C)C#Cc1cc(-c2ccnc3nc(C(F)F)[nH]c23)cc2c(N)n[nH]c12. The van der Waals surface area contributed by atoms with Crippen molar-refractivity contribution in [1.29, 1.82) is 0 Å². The van der Waals surface area contributed by atoms with Crippen LogP contribution < -0.4 is 5.73 Å². The summed E-state index contributed by atoms with van der Waals surface area (Å²) in [4.78, 5) is 10.6. The van der Waals surface area contributed by atoms with E-state index in [0.717, 1.165) is 16.6 Å². The molecule has 142 valence electrons. The van der Waals surface area contributed by atoms with E-state index in [4.69, 9.17) is 5.73 Å². The summed E-state index contributed by atoms with van der Waals surface area (Å²) in [7, 11) is 0. The summed E-state index contributed by atoms with van der Waals surface area (Å²) in [5.74, 6) is 6.32. The summed E-state index contributed by atoms with van der Waals surface area (Å²) in [6, 6.07) is 5.48. The lowest BCUT2D eigenvalue weighted by atomic mass is 9.96. The van der Waals surface area contributed by atoms with Crippen LogP contribution >= 0.6 is 0 Å². The summed E-state index contributed by atoms with van der Waals surface area (Å²) >= 11 is 0. The van der Waals surface area contributed by atoms with Crippen LogP contribution in [0.4, 0.5) is 14.6 Å². The molecule has 0 fully saturated rings. The van der Waals surface area contributed by atoms with E-state index in [2.05, 4.69) is 37.0 Å². The number of hydrogen-bond acceptors (Lipinski definition) is 4. The fraction of sp³-hybridized carbons (Fsp3) is 0.250. The van der Waals surface area contributed by atoms with E-state index in [9.17, 15) is 8.78 Å². The number of aromatic amines is 2. The third-order valence-corrected chi connectivity index (χ3v) is 4.20. The van der Waals surface area contributed by atoms with E-state index in [1.807, 2.05) is 32.9 Å². The molecule has 4 rings (SSSR count). The summed E-state index contributed by atoms with van der Waals surface area (Å²) in [6.07, 6.45) is -1.17. The Balaban J connectivity index is 1.98. The highest BCUT2D eigenvalue weighted by atomic mass is 19.3. The number of fused-ring (bicyclic) bond motifs is 2. The van der Waals surface area contributed by atoms with Crippen molar-refractivity contribution < 1.29 is 8.78 Å². The highest BCUT2D eigenvalue weighted by molar-refractivity contribution is 5.99. The van der Waals surface area contributed by atoms with Crippen LogP contribution in [0.1, 0.15) is 38.6 Å². The average molecular weight is 380 g/mol. The molecule has 0 amide bonds. The van der Waals surface area contributed by atoms with Gasteiger partial charge < -0.3 is 10.7 Å². The first-order valence-corrected chi connectivity index (χ1v) is 8.67. The molecule has 0 radical (unpaired) electrons. The normalized spacial score (nSPS) is 11.9. The number of nitrogen functional groups attached to an aromatic ring is 1. The maximum absolute atomic E-state index is 13.1. The number of benzene rings is 1. The Labute approximate surface area is 159 Å². The quantitative estimate of drug-likeness (QED) is 0.449. The Hall–Kier alpha value is -3.47. The second-order valence-corrected chi connectivity index (χ2v) is 7.54. The molecule has 0 atom stereocenters. The molecule has 28 heavy (non-hydrogen) atoms. The molecule has 8 heteroatoms. The molecular weight excluding hydrogens is 362 g/mol. The van der Waals surface area contributed by atoms with Crippen LogP contribution in [-0.4, -0.2) is 25.1 Å². The number of halogens is 2. The molecule has 0 saturated carbocycles. The second kappa shape index (κ2) is 6.30. The summed E-state index contributed by atoms with van der Waals surface area (Å²) in [5, 5.41) is 7.71. The monoisotopic (exact) mass is 380 g/mol. The molecule has 3 heterocycles. The van der Waals surface area contributed by atoms with Crippen molar-refractivity contribution in [2.24, 2.45) is 5.41 Å². The number of alkyl halides is 2. The number of pyridine rings is 1. The molecule has 0 aliphatic carbocycles. The molecular formula is C20H18F2N6. The number of anilines is 1. The van der Waals surface area contributed by atoms with Crippen LogP contribution in [0.2, 0.25) is 0 Å². The third kappa shape index (κ3) is 3.16. The zero-order valence-corrected chi connectivity index (χ0v) is 15.6. The lowest BCUT2D eigenvalue weighted by Crippen LogP contribution is -1.99. The molecule has 3 aromatic heterocycles. The Morgan fingerprint density at radius 1 is 1.18 bits per heavy atom. The van der Waals surface area contributed by atoms with Crippen LogP contribution in [0, 0.1) is 17.3 Å². The first-order chi connectivity index (χ1) is 13.2. The molecule has 6 nitrogen and oxygen atoms in total. The van der Waals surface area contributed by atoms with Crippen molar-refractivity contribution in [3.63, 3.8) is 0 Å². The van der Waals surface area contributed by atoms with E-state index >= 15 is 0 Å². The standard InChI is InChI=1S/C20H18F2N6/c1-20(2,3)6-4-10-8-11(9-13-14(10)27-28-17(13)23)12-5-7-24-18-15(12)25-19(26-18)16(21)22/h5,7-9,16H,1-3H3,(H3,23,27,28)(H,24,25,26). The van der Waals surface area contributed by atoms with Gasteiger partial charge in [-0.3, -0.25) is 5.10 Å². The molecule has 4 N–H and O–H groups in total. The lowest BCUT2D eigenvalue weighted by molar-refractivity contribution is 0.142. The Bertz CT molecular complexity index is 1250. The lowest BCUT2D eigenvalue weighted by Gasteiger charge is -2.08. The van der Waals surface area contributed by atoms with Crippen molar-refractivity contribution >= 4 is 27.9 Å². The van der Waals surface area contributed by atoms with Crippen molar-refractivity contribution in [3.8, 4) is 23.0 Å². The van der Waals surface area contributed by atoms with Gasteiger partial charge >= 0.3 is 0 Å². The van der Waals surface area contributed by atoms with Crippen LogP contribution in [0.3, 0.4) is 0 Å². The number of H-pyrrole nitrogens is 2.